The second-order valence-corrected chi connectivity index (χ2v) is 7.54. The zero-order chi connectivity index (χ0) is 21.5. The zero-order valence-electron chi connectivity index (χ0n) is 17.8. The van der Waals surface area contributed by atoms with Crippen molar-refractivity contribution in [2.45, 2.75) is 12.8 Å². The van der Waals surface area contributed by atoms with E-state index in [-0.39, 0.29) is 12.5 Å². The van der Waals surface area contributed by atoms with E-state index in [2.05, 4.69) is 22.5 Å². The molecule has 0 atom stereocenters. The number of aromatic nitrogens is 2. The van der Waals surface area contributed by atoms with E-state index in [0.717, 1.165) is 36.8 Å². The minimum atomic E-state index is 0.0443. The average Bonchev–Trinajstić information content (AvgIpc) is 3.45. The van der Waals surface area contributed by atoms with Crippen molar-refractivity contribution >= 4 is 17.6 Å². The van der Waals surface area contributed by atoms with Gasteiger partial charge in [0.1, 0.15) is 12.3 Å². The number of hydrogen-bond acceptors (Lipinski definition) is 4. The molecule has 1 fully saturated rings. The molecule has 0 unspecified atom stereocenters. The van der Waals surface area contributed by atoms with Crippen molar-refractivity contribution in [3.8, 4) is 0 Å². The van der Waals surface area contributed by atoms with Crippen LogP contribution in [0.25, 0.3) is 0 Å². The van der Waals surface area contributed by atoms with Gasteiger partial charge in [-0.25, -0.2) is 0 Å². The van der Waals surface area contributed by atoms with Gasteiger partial charge in [0.2, 0.25) is 5.91 Å². The van der Waals surface area contributed by atoms with Gasteiger partial charge in [-0.3, -0.25) is 14.5 Å². The largest absolute Gasteiger partial charge is 0.469 e. The molecule has 2 aromatic heterocycles. The number of aryl methyl sites for hydroxylation is 1. The van der Waals surface area contributed by atoms with E-state index >= 15 is 0 Å². The molecule has 0 spiro atoms. The van der Waals surface area contributed by atoms with E-state index in [1.54, 1.807) is 22.0 Å². The van der Waals surface area contributed by atoms with Gasteiger partial charge in [-0.15, -0.1) is 0 Å². The molecule has 0 saturated carbocycles. The van der Waals surface area contributed by atoms with Crippen LogP contribution in [0.1, 0.15) is 11.3 Å². The summed E-state index contributed by atoms with van der Waals surface area (Å²) in [4.78, 5) is 21.4. The number of hydrogen-bond donors (Lipinski definition) is 1. The molecule has 0 aliphatic carbocycles. The predicted molar refractivity (Wildman–Crippen MR) is 120 cm³/mol. The summed E-state index contributed by atoms with van der Waals surface area (Å²) in [6.07, 6.45) is 6.88. The first-order valence-electron chi connectivity index (χ1n) is 10.6. The van der Waals surface area contributed by atoms with Crippen molar-refractivity contribution in [3.05, 3.63) is 72.4 Å². The van der Waals surface area contributed by atoms with E-state index in [9.17, 15) is 4.79 Å². The quantitative estimate of drug-likeness (QED) is 0.468. The number of piperazine rings is 1. The molecule has 1 aliphatic rings. The highest BCUT2D eigenvalue weighted by Crippen LogP contribution is 2.16. The average molecular weight is 421 g/mol. The molecule has 3 heterocycles. The van der Waals surface area contributed by atoms with Crippen LogP contribution in [0.4, 0.5) is 5.69 Å². The molecule has 1 aromatic carbocycles. The van der Waals surface area contributed by atoms with Gasteiger partial charge in [0.05, 0.1) is 18.1 Å². The number of benzene rings is 1. The second-order valence-electron chi connectivity index (χ2n) is 7.54. The highest BCUT2D eigenvalue weighted by molar-refractivity contribution is 5.98. The Labute approximate surface area is 182 Å². The summed E-state index contributed by atoms with van der Waals surface area (Å²) in [5, 5.41) is 7.63. The molecule has 4 rings (SSSR count). The zero-order valence-corrected chi connectivity index (χ0v) is 17.8. The van der Waals surface area contributed by atoms with Gasteiger partial charge in [0, 0.05) is 45.8 Å². The Kier molecular flexibility index (Phi) is 6.66. The number of guanidine groups is 1. The highest BCUT2D eigenvalue weighted by atomic mass is 16.3. The van der Waals surface area contributed by atoms with Gasteiger partial charge in [0.15, 0.2) is 5.96 Å². The summed E-state index contributed by atoms with van der Waals surface area (Å²) in [7, 11) is 1.85. The van der Waals surface area contributed by atoms with Crippen LogP contribution in [0.15, 0.2) is 70.5 Å². The molecular weight excluding hydrogens is 392 g/mol. The summed E-state index contributed by atoms with van der Waals surface area (Å²) in [6, 6.07) is 14.2. The SMILES string of the molecule is Cn1cc(N2CCN(C(=NCCc3ccco3)NCCc3ccccc3)CC2=O)cn1. The van der Waals surface area contributed by atoms with E-state index in [4.69, 9.17) is 9.41 Å². The minimum absolute atomic E-state index is 0.0443. The third kappa shape index (κ3) is 5.53. The summed E-state index contributed by atoms with van der Waals surface area (Å²) >= 11 is 0. The molecule has 8 heteroatoms. The number of carbonyl (C=O) groups is 1. The van der Waals surface area contributed by atoms with Crippen molar-refractivity contribution < 1.29 is 9.21 Å². The Morgan fingerprint density at radius 2 is 2.03 bits per heavy atom. The van der Waals surface area contributed by atoms with Crippen molar-refractivity contribution in [1.82, 2.24) is 20.0 Å². The molecule has 1 N–H and O–H groups in total. The number of carbonyl (C=O) groups excluding carboxylic acids is 1. The molecule has 1 aliphatic heterocycles. The Balaban J connectivity index is 1.39. The van der Waals surface area contributed by atoms with Crippen molar-refractivity contribution in [3.63, 3.8) is 0 Å². The third-order valence-electron chi connectivity index (χ3n) is 5.26. The molecular formula is C23H28N6O2. The van der Waals surface area contributed by atoms with Crippen LogP contribution in [-0.4, -0.2) is 59.3 Å². The number of amides is 1. The summed E-state index contributed by atoms with van der Waals surface area (Å²) in [6.45, 7) is 2.94. The van der Waals surface area contributed by atoms with Gasteiger partial charge in [-0.2, -0.15) is 5.10 Å². The fraction of sp³-hybridized carbons (Fsp3) is 0.348. The molecule has 1 saturated heterocycles. The van der Waals surface area contributed by atoms with Crippen LogP contribution in [0.2, 0.25) is 0 Å². The standard InChI is InChI=1S/C23H28N6O2/c1-27-17-20(16-26-27)29-14-13-28(18-22(29)30)23(25-12-10-21-8-5-15-31-21)24-11-9-19-6-3-2-4-7-19/h2-8,15-17H,9-14,18H2,1H3,(H,24,25). The number of nitrogens with one attached hydrogen (secondary N) is 1. The molecule has 162 valence electrons. The predicted octanol–water partition coefficient (Wildman–Crippen LogP) is 2.09. The highest BCUT2D eigenvalue weighted by Gasteiger charge is 2.27. The maximum Gasteiger partial charge on any atom is 0.246 e. The lowest BCUT2D eigenvalue weighted by Gasteiger charge is -2.35. The Morgan fingerprint density at radius 3 is 2.74 bits per heavy atom. The van der Waals surface area contributed by atoms with Gasteiger partial charge < -0.3 is 19.5 Å². The molecule has 8 nitrogen and oxygen atoms in total. The van der Waals surface area contributed by atoms with Crippen LogP contribution in [0.3, 0.4) is 0 Å². The smallest absolute Gasteiger partial charge is 0.246 e. The molecule has 1 amide bonds. The fourth-order valence-corrected chi connectivity index (χ4v) is 3.63. The maximum atomic E-state index is 12.8. The first kappa shape index (κ1) is 20.7. The molecule has 0 bridgehead atoms. The number of furan rings is 1. The maximum absolute atomic E-state index is 12.8. The van der Waals surface area contributed by atoms with Crippen LogP contribution in [0, 0.1) is 0 Å². The molecule has 31 heavy (non-hydrogen) atoms. The van der Waals surface area contributed by atoms with Crippen molar-refractivity contribution in [2.24, 2.45) is 12.0 Å². The topological polar surface area (TPSA) is 78.9 Å². The number of anilines is 1. The van der Waals surface area contributed by atoms with E-state index in [0.29, 0.717) is 19.6 Å². The molecule has 0 radical (unpaired) electrons. The van der Waals surface area contributed by atoms with Crippen LogP contribution < -0.4 is 10.2 Å². The monoisotopic (exact) mass is 420 g/mol. The molecule has 3 aromatic rings. The van der Waals surface area contributed by atoms with Crippen molar-refractivity contribution in [1.29, 1.82) is 0 Å². The van der Waals surface area contributed by atoms with Gasteiger partial charge in [0.25, 0.3) is 0 Å². The van der Waals surface area contributed by atoms with Crippen LogP contribution >= 0.6 is 0 Å². The van der Waals surface area contributed by atoms with Gasteiger partial charge >= 0.3 is 0 Å². The van der Waals surface area contributed by atoms with Crippen molar-refractivity contribution in [2.75, 3.05) is 37.6 Å². The van der Waals surface area contributed by atoms with E-state index in [1.807, 2.05) is 48.5 Å². The summed E-state index contributed by atoms with van der Waals surface area (Å²) in [5.41, 5.74) is 2.10. The lowest BCUT2D eigenvalue weighted by Crippen LogP contribution is -2.55. The normalized spacial score (nSPS) is 14.9. The lowest BCUT2D eigenvalue weighted by atomic mass is 10.1. The van der Waals surface area contributed by atoms with E-state index < -0.39 is 0 Å². The third-order valence-corrected chi connectivity index (χ3v) is 5.26. The van der Waals surface area contributed by atoms with Crippen LogP contribution in [-0.2, 0) is 24.7 Å². The Morgan fingerprint density at radius 1 is 1.16 bits per heavy atom. The second kappa shape index (κ2) is 9.97. The fourth-order valence-electron chi connectivity index (χ4n) is 3.63. The first-order valence-corrected chi connectivity index (χ1v) is 10.6. The minimum Gasteiger partial charge on any atom is -0.469 e. The first-order chi connectivity index (χ1) is 15.2. The number of nitrogens with zero attached hydrogens (tertiary/aromatic N) is 5. The number of rotatable bonds is 7. The Bertz CT molecular complexity index is 996. The summed E-state index contributed by atoms with van der Waals surface area (Å²) in [5.74, 6) is 1.72. The van der Waals surface area contributed by atoms with Gasteiger partial charge in [-0.1, -0.05) is 30.3 Å². The van der Waals surface area contributed by atoms with Gasteiger partial charge in [-0.05, 0) is 24.1 Å². The number of aliphatic imine (C=N–C) groups is 1. The van der Waals surface area contributed by atoms with Crippen LogP contribution in [0.5, 0.6) is 0 Å². The summed E-state index contributed by atoms with van der Waals surface area (Å²) < 4.78 is 7.12. The van der Waals surface area contributed by atoms with E-state index in [1.165, 1.54) is 5.56 Å². The lowest BCUT2D eigenvalue weighted by molar-refractivity contribution is -0.120. The Hall–Kier alpha value is -3.55.